The number of amides is 1. The third-order valence-electron chi connectivity index (χ3n) is 4.40. The van der Waals surface area contributed by atoms with Crippen molar-refractivity contribution in [3.05, 3.63) is 63.7 Å². The van der Waals surface area contributed by atoms with Crippen molar-refractivity contribution in [2.75, 3.05) is 26.3 Å². The van der Waals surface area contributed by atoms with E-state index in [0.29, 0.717) is 29.7 Å². The van der Waals surface area contributed by atoms with E-state index in [1.807, 2.05) is 17.0 Å². The SMILES string of the molecule is O=C(COCC1=CCCC=C1)N1CC=C(c2ccc(Cl)cc2Cl)CC1. The highest BCUT2D eigenvalue weighted by molar-refractivity contribution is 6.35. The van der Waals surface area contributed by atoms with Gasteiger partial charge in [0, 0.05) is 23.1 Å². The zero-order valence-corrected chi connectivity index (χ0v) is 15.5. The number of hydrogen-bond donors (Lipinski definition) is 0. The van der Waals surface area contributed by atoms with Crippen LogP contribution in [-0.2, 0) is 9.53 Å². The molecule has 0 saturated carbocycles. The zero-order valence-electron chi connectivity index (χ0n) is 14.0. The molecular weight excluding hydrogens is 357 g/mol. The fourth-order valence-corrected chi connectivity index (χ4v) is 3.54. The molecule has 0 bridgehead atoms. The fourth-order valence-electron chi connectivity index (χ4n) is 3.01. The second-order valence-corrected chi connectivity index (χ2v) is 7.04. The first-order valence-corrected chi connectivity index (χ1v) is 9.24. The highest BCUT2D eigenvalue weighted by Crippen LogP contribution is 2.30. The molecule has 25 heavy (non-hydrogen) atoms. The van der Waals surface area contributed by atoms with Gasteiger partial charge in [-0.2, -0.15) is 0 Å². The van der Waals surface area contributed by atoms with Crippen LogP contribution in [0.15, 0.2) is 48.1 Å². The maximum absolute atomic E-state index is 12.3. The molecule has 1 aliphatic carbocycles. The number of hydrogen-bond acceptors (Lipinski definition) is 2. The first kappa shape index (κ1) is 18.2. The Morgan fingerprint density at radius 1 is 1.20 bits per heavy atom. The Morgan fingerprint density at radius 2 is 2.08 bits per heavy atom. The molecule has 0 fully saturated rings. The number of ether oxygens (including phenoxy) is 1. The van der Waals surface area contributed by atoms with E-state index in [2.05, 4.69) is 24.3 Å². The maximum atomic E-state index is 12.3. The highest BCUT2D eigenvalue weighted by Gasteiger charge is 2.19. The van der Waals surface area contributed by atoms with Gasteiger partial charge in [-0.05, 0) is 48.1 Å². The Kier molecular flexibility index (Phi) is 6.35. The normalized spacial score (nSPS) is 17.3. The second-order valence-electron chi connectivity index (χ2n) is 6.19. The average Bonchev–Trinajstić information content (AvgIpc) is 2.63. The molecule has 3 rings (SSSR count). The molecule has 0 unspecified atom stereocenters. The molecule has 0 spiro atoms. The van der Waals surface area contributed by atoms with Crippen LogP contribution < -0.4 is 0 Å². The largest absolute Gasteiger partial charge is 0.367 e. The Labute approximate surface area is 158 Å². The Morgan fingerprint density at radius 3 is 2.76 bits per heavy atom. The van der Waals surface area contributed by atoms with Crippen LogP contribution in [-0.4, -0.2) is 37.1 Å². The first-order valence-electron chi connectivity index (χ1n) is 8.49. The Bertz CT molecular complexity index is 737. The fraction of sp³-hybridized carbons (Fsp3) is 0.350. The van der Waals surface area contributed by atoms with Gasteiger partial charge in [-0.25, -0.2) is 0 Å². The third kappa shape index (κ3) is 4.97. The molecule has 1 aromatic rings. The van der Waals surface area contributed by atoms with Gasteiger partial charge in [-0.1, -0.05) is 53.6 Å². The zero-order chi connectivity index (χ0) is 17.6. The van der Waals surface area contributed by atoms with Gasteiger partial charge in [0.15, 0.2) is 0 Å². The van der Waals surface area contributed by atoms with Crippen LogP contribution in [0.25, 0.3) is 5.57 Å². The van der Waals surface area contributed by atoms with E-state index in [4.69, 9.17) is 27.9 Å². The number of carbonyl (C=O) groups is 1. The van der Waals surface area contributed by atoms with E-state index < -0.39 is 0 Å². The van der Waals surface area contributed by atoms with E-state index in [9.17, 15) is 4.79 Å². The number of allylic oxidation sites excluding steroid dienone is 2. The molecule has 0 saturated heterocycles. The molecule has 5 heteroatoms. The number of rotatable bonds is 5. The molecule has 132 valence electrons. The summed E-state index contributed by atoms with van der Waals surface area (Å²) >= 11 is 12.2. The van der Waals surface area contributed by atoms with Gasteiger partial charge >= 0.3 is 0 Å². The lowest BCUT2D eigenvalue weighted by Crippen LogP contribution is -2.37. The lowest BCUT2D eigenvalue weighted by molar-refractivity contribution is -0.135. The summed E-state index contributed by atoms with van der Waals surface area (Å²) in [4.78, 5) is 14.1. The molecule has 1 aromatic carbocycles. The predicted molar refractivity (Wildman–Crippen MR) is 103 cm³/mol. The van der Waals surface area contributed by atoms with Crippen LogP contribution >= 0.6 is 23.2 Å². The van der Waals surface area contributed by atoms with Crippen molar-refractivity contribution < 1.29 is 9.53 Å². The van der Waals surface area contributed by atoms with E-state index in [0.717, 1.165) is 36.0 Å². The monoisotopic (exact) mass is 377 g/mol. The first-order chi connectivity index (χ1) is 12.1. The van der Waals surface area contributed by atoms with Crippen LogP contribution in [0, 0.1) is 0 Å². The summed E-state index contributed by atoms with van der Waals surface area (Å²) in [6.45, 7) is 1.88. The maximum Gasteiger partial charge on any atom is 0.248 e. The second kappa shape index (κ2) is 8.70. The summed E-state index contributed by atoms with van der Waals surface area (Å²) < 4.78 is 5.56. The van der Waals surface area contributed by atoms with Gasteiger partial charge in [0.2, 0.25) is 5.91 Å². The predicted octanol–water partition coefficient (Wildman–Crippen LogP) is 4.90. The summed E-state index contributed by atoms with van der Waals surface area (Å²) in [7, 11) is 0. The van der Waals surface area contributed by atoms with Crippen LogP contribution in [0.2, 0.25) is 10.0 Å². The molecule has 1 heterocycles. The summed E-state index contributed by atoms with van der Waals surface area (Å²) in [5, 5.41) is 1.28. The minimum absolute atomic E-state index is 0.0258. The molecule has 3 nitrogen and oxygen atoms in total. The van der Waals surface area contributed by atoms with Gasteiger partial charge < -0.3 is 9.64 Å². The average molecular weight is 378 g/mol. The van der Waals surface area contributed by atoms with Crippen molar-refractivity contribution in [3.63, 3.8) is 0 Å². The molecule has 0 radical (unpaired) electrons. The number of benzene rings is 1. The Balaban J connectivity index is 1.50. The highest BCUT2D eigenvalue weighted by atomic mass is 35.5. The van der Waals surface area contributed by atoms with Crippen LogP contribution in [0.4, 0.5) is 0 Å². The minimum Gasteiger partial charge on any atom is -0.367 e. The van der Waals surface area contributed by atoms with Crippen LogP contribution in [0.5, 0.6) is 0 Å². The topological polar surface area (TPSA) is 29.5 Å². The molecule has 1 amide bonds. The van der Waals surface area contributed by atoms with Crippen molar-refractivity contribution in [1.29, 1.82) is 0 Å². The smallest absolute Gasteiger partial charge is 0.248 e. The van der Waals surface area contributed by atoms with E-state index in [-0.39, 0.29) is 12.5 Å². The summed E-state index contributed by atoms with van der Waals surface area (Å²) in [5.74, 6) is 0.0258. The molecule has 2 aliphatic rings. The van der Waals surface area contributed by atoms with Crippen LogP contribution in [0.1, 0.15) is 24.8 Å². The van der Waals surface area contributed by atoms with Gasteiger partial charge in [-0.15, -0.1) is 0 Å². The molecule has 1 aliphatic heterocycles. The van der Waals surface area contributed by atoms with Gasteiger partial charge in [0.1, 0.15) is 6.61 Å². The lowest BCUT2D eigenvalue weighted by atomic mass is 9.99. The van der Waals surface area contributed by atoms with Gasteiger partial charge in [-0.3, -0.25) is 4.79 Å². The summed E-state index contributed by atoms with van der Waals surface area (Å²) in [6, 6.07) is 5.52. The van der Waals surface area contributed by atoms with Crippen LogP contribution in [0.3, 0.4) is 0 Å². The lowest BCUT2D eigenvalue weighted by Gasteiger charge is -2.27. The standard InChI is InChI=1S/C20H21Cl2NO2/c21-17-6-7-18(19(22)12-17)16-8-10-23(11-9-16)20(24)14-25-13-15-4-2-1-3-5-15/h2,4-8,12H,1,3,9-11,13-14H2. The summed E-state index contributed by atoms with van der Waals surface area (Å²) in [5.41, 5.74) is 3.30. The van der Waals surface area contributed by atoms with E-state index in [1.54, 1.807) is 6.07 Å². The number of nitrogens with zero attached hydrogens (tertiary/aromatic N) is 1. The van der Waals surface area contributed by atoms with Gasteiger partial charge in [0.05, 0.1) is 6.61 Å². The van der Waals surface area contributed by atoms with Gasteiger partial charge in [0.25, 0.3) is 0 Å². The molecular formula is C20H21Cl2NO2. The molecule has 0 N–H and O–H groups in total. The van der Waals surface area contributed by atoms with E-state index in [1.165, 1.54) is 0 Å². The van der Waals surface area contributed by atoms with Crippen molar-refractivity contribution in [1.82, 2.24) is 4.90 Å². The minimum atomic E-state index is 0.0258. The Hall–Kier alpha value is -1.55. The quantitative estimate of drug-likeness (QED) is 0.729. The summed E-state index contributed by atoms with van der Waals surface area (Å²) in [6.07, 6.45) is 11.3. The third-order valence-corrected chi connectivity index (χ3v) is 4.95. The van der Waals surface area contributed by atoms with Crippen molar-refractivity contribution in [2.24, 2.45) is 0 Å². The van der Waals surface area contributed by atoms with E-state index >= 15 is 0 Å². The van der Waals surface area contributed by atoms with Crippen molar-refractivity contribution >= 4 is 34.7 Å². The molecule has 0 atom stereocenters. The van der Waals surface area contributed by atoms with Crippen molar-refractivity contribution in [3.8, 4) is 0 Å². The molecule has 0 aromatic heterocycles. The van der Waals surface area contributed by atoms with Crippen molar-refractivity contribution in [2.45, 2.75) is 19.3 Å². The number of carbonyl (C=O) groups excluding carboxylic acids is 1. The number of halogens is 2.